The molecule has 2 N–H and O–H groups in total. The summed E-state index contributed by atoms with van der Waals surface area (Å²) >= 11 is 0. The van der Waals surface area contributed by atoms with Crippen molar-refractivity contribution < 1.29 is 9.53 Å². The van der Waals surface area contributed by atoms with Gasteiger partial charge in [0.05, 0.1) is 6.54 Å². The van der Waals surface area contributed by atoms with Gasteiger partial charge in [0.15, 0.2) is 0 Å². The predicted octanol–water partition coefficient (Wildman–Crippen LogP) is 1.32. The molecular formula is C14H20N2O2. The van der Waals surface area contributed by atoms with Crippen LogP contribution in [0.5, 0.6) is 5.75 Å². The van der Waals surface area contributed by atoms with Crippen LogP contribution in [0.2, 0.25) is 0 Å². The molecule has 0 bridgehead atoms. The minimum absolute atomic E-state index is 0.0315. The van der Waals surface area contributed by atoms with Crippen molar-refractivity contribution in [2.75, 3.05) is 19.6 Å². The Morgan fingerprint density at radius 2 is 2.17 bits per heavy atom. The van der Waals surface area contributed by atoms with Crippen LogP contribution in [0.15, 0.2) is 24.3 Å². The molecule has 1 aliphatic heterocycles. The summed E-state index contributed by atoms with van der Waals surface area (Å²) in [6.07, 6.45) is 1.95. The van der Waals surface area contributed by atoms with Gasteiger partial charge in [-0.2, -0.15) is 0 Å². The molecule has 0 unspecified atom stereocenters. The van der Waals surface area contributed by atoms with E-state index in [-0.39, 0.29) is 18.6 Å². The maximum Gasteiger partial charge on any atom is 0.236 e. The molecule has 2 rings (SSSR count). The minimum Gasteiger partial charge on any atom is -0.490 e. The van der Waals surface area contributed by atoms with E-state index in [9.17, 15) is 4.79 Å². The maximum absolute atomic E-state index is 11.4. The SMILES string of the molecule is Cc1cccc(OC2CCN(C(=O)CN)CC2)c1. The zero-order valence-electron chi connectivity index (χ0n) is 10.8. The third-order valence-corrected chi connectivity index (χ3v) is 3.26. The third kappa shape index (κ3) is 3.23. The van der Waals surface area contributed by atoms with Crippen LogP contribution in [0.25, 0.3) is 0 Å². The second-order valence-electron chi connectivity index (χ2n) is 4.72. The van der Waals surface area contributed by atoms with Crippen molar-refractivity contribution in [3.8, 4) is 5.75 Å². The first kappa shape index (κ1) is 12.9. The lowest BCUT2D eigenvalue weighted by molar-refractivity contribution is -0.131. The number of nitrogens with zero attached hydrogens (tertiary/aromatic N) is 1. The molecule has 18 heavy (non-hydrogen) atoms. The first-order valence-corrected chi connectivity index (χ1v) is 6.40. The van der Waals surface area contributed by atoms with E-state index >= 15 is 0 Å². The number of amides is 1. The Morgan fingerprint density at radius 1 is 1.44 bits per heavy atom. The Hall–Kier alpha value is -1.55. The average molecular weight is 248 g/mol. The van der Waals surface area contributed by atoms with Crippen molar-refractivity contribution in [3.05, 3.63) is 29.8 Å². The predicted molar refractivity (Wildman–Crippen MR) is 70.5 cm³/mol. The molecule has 98 valence electrons. The Balaban J connectivity index is 1.85. The Morgan fingerprint density at radius 3 is 2.78 bits per heavy atom. The van der Waals surface area contributed by atoms with Gasteiger partial charge in [0, 0.05) is 25.9 Å². The topological polar surface area (TPSA) is 55.6 Å². The fourth-order valence-corrected chi connectivity index (χ4v) is 2.23. The van der Waals surface area contributed by atoms with Crippen molar-refractivity contribution in [3.63, 3.8) is 0 Å². The molecular weight excluding hydrogens is 228 g/mol. The van der Waals surface area contributed by atoms with Crippen molar-refractivity contribution in [1.29, 1.82) is 0 Å². The number of aryl methyl sites for hydroxylation is 1. The number of carbonyl (C=O) groups is 1. The van der Waals surface area contributed by atoms with Crippen molar-refractivity contribution in [1.82, 2.24) is 4.90 Å². The number of carbonyl (C=O) groups excluding carboxylic acids is 1. The van der Waals surface area contributed by atoms with Gasteiger partial charge in [0.1, 0.15) is 11.9 Å². The highest BCUT2D eigenvalue weighted by Crippen LogP contribution is 2.19. The summed E-state index contributed by atoms with van der Waals surface area (Å²) < 4.78 is 5.93. The van der Waals surface area contributed by atoms with Gasteiger partial charge in [-0.25, -0.2) is 0 Å². The molecule has 0 aromatic heterocycles. The number of hydrogen-bond acceptors (Lipinski definition) is 3. The molecule has 1 heterocycles. The van der Waals surface area contributed by atoms with E-state index < -0.39 is 0 Å². The van der Waals surface area contributed by atoms with Gasteiger partial charge in [-0.1, -0.05) is 12.1 Å². The van der Waals surface area contributed by atoms with E-state index in [4.69, 9.17) is 10.5 Å². The van der Waals surface area contributed by atoms with E-state index in [2.05, 4.69) is 13.0 Å². The number of nitrogens with two attached hydrogens (primary N) is 1. The highest BCUT2D eigenvalue weighted by Gasteiger charge is 2.22. The Kier molecular flexibility index (Phi) is 4.20. The summed E-state index contributed by atoms with van der Waals surface area (Å²) in [6.45, 7) is 3.64. The second kappa shape index (κ2) is 5.87. The molecule has 1 aliphatic rings. The Bertz CT molecular complexity index is 412. The van der Waals surface area contributed by atoms with Gasteiger partial charge in [0.2, 0.25) is 5.91 Å². The van der Waals surface area contributed by atoms with Crippen molar-refractivity contribution >= 4 is 5.91 Å². The summed E-state index contributed by atoms with van der Waals surface area (Å²) in [6, 6.07) is 8.06. The normalized spacial score (nSPS) is 16.7. The number of ether oxygens (including phenoxy) is 1. The first-order chi connectivity index (χ1) is 8.69. The number of hydrogen-bond donors (Lipinski definition) is 1. The lowest BCUT2D eigenvalue weighted by atomic mass is 10.1. The van der Waals surface area contributed by atoms with Crippen LogP contribution >= 0.6 is 0 Å². The summed E-state index contributed by atoms with van der Waals surface area (Å²) in [4.78, 5) is 13.3. The highest BCUT2D eigenvalue weighted by molar-refractivity contribution is 5.78. The zero-order chi connectivity index (χ0) is 13.0. The molecule has 1 aromatic rings. The summed E-state index contributed by atoms with van der Waals surface area (Å²) in [5.41, 5.74) is 6.55. The van der Waals surface area contributed by atoms with Crippen LogP contribution in [0.1, 0.15) is 18.4 Å². The van der Waals surface area contributed by atoms with E-state index in [1.165, 1.54) is 5.56 Å². The third-order valence-electron chi connectivity index (χ3n) is 3.26. The molecule has 0 radical (unpaired) electrons. The molecule has 4 nitrogen and oxygen atoms in total. The van der Waals surface area contributed by atoms with Gasteiger partial charge in [-0.3, -0.25) is 4.79 Å². The standard InChI is InChI=1S/C14H20N2O2/c1-11-3-2-4-13(9-11)18-12-5-7-16(8-6-12)14(17)10-15/h2-4,9,12H,5-8,10,15H2,1H3. The lowest BCUT2D eigenvalue weighted by Gasteiger charge is -2.32. The zero-order valence-corrected chi connectivity index (χ0v) is 10.8. The van der Waals surface area contributed by atoms with Gasteiger partial charge in [-0.15, -0.1) is 0 Å². The fourth-order valence-electron chi connectivity index (χ4n) is 2.23. The first-order valence-electron chi connectivity index (χ1n) is 6.40. The molecule has 1 fully saturated rings. The monoisotopic (exact) mass is 248 g/mol. The fraction of sp³-hybridized carbons (Fsp3) is 0.500. The van der Waals surface area contributed by atoms with Gasteiger partial charge in [0.25, 0.3) is 0 Å². The van der Waals surface area contributed by atoms with Gasteiger partial charge in [-0.05, 0) is 24.6 Å². The van der Waals surface area contributed by atoms with Crippen LogP contribution < -0.4 is 10.5 Å². The van der Waals surface area contributed by atoms with Gasteiger partial charge < -0.3 is 15.4 Å². The number of rotatable bonds is 3. The molecule has 0 saturated carbocycles. The van der Waals surface area contributed by atoms with Gasteiger partial charge >= 0.3 is 0 Å². The van der Waals surface area contributed by atoms with E-state index in [1.54, 1.807) is 0 Å². The molecule has 4 heteroatoms. The average Bonchev–Trinajstić information content (AvgIpc) is 2.39. The molecule has 1 saturated heterocycles. The van der Waals surface area contributed by atoms with Crippen LogP contribution in [0, 0.1) is 6.92 Å². The maximum atomic E-state index is 11.4. The van der Waals surface area contributed by atoms with E-state index in [0.717, 1.165) is 31.7 Å². The number of likely N-dealkylation sites (tertiary alicyclic amines) is 1. The number of benzene rings is 1. The molecule has 1 amide bonds. The summed E-state index contributed by atoms with van der Waals surface area (Å²) in [7, 11) is 0. The molecule has 1 aromatic carbocycles. The van der Waals surface area contributed by atoms with Crippen LogP contribution in [-0.4, -0.2) is 36.5 Å². The highest BCUT2D eigenvalue weighted by atomic mass is 16.5. The lowest BCUT2D eigenvalue weighted by Crippen LogP contribution is -2.44. The number of piperidine rings is 1. The second-order valence-corrected chi connectivity index (χ2v) is 4.72. The van der Waals surface area contributed by atoms with Crippen LogP contribution in [-0.2, 0) is 4.79 Å². The molecule has 0 spiro atoms. The molecule has 0 atom stereocenters. The Labute approximate surface area is 108 Å². The van der Waals surface area contributed by atoms with Crippen molar-refractivity contribution in [2.45, 2.75) is 25.9 Å². The summed E-state index contributed by atoms with van der Waals surface area (Å²) in [5, 5.41) is 0. The van der Waals surface area contributed by atoms with Crippen molar-refractivity contribution in [2.24, 2.45) is 5.73 Å². The quantitative estimate of drug-likeness (QED) is 0.877. The minimum atomic E-state index is 0.0315. The smallest absolute Gasteiger partial charge is 0.236 e. The van der Waals surface area contributed by atoms with E-state index in [0.29, 0.717) is 0 Å². The summed E-state index contributed by atoms with van der Waals surface area (Å²) in [5.74, 6) is 0.947. The van der Waals surface area contributed by atoms with E-state index in [1.807, 2.05) is 23.1 Å². The molecule has 0 aliphatic carbocycles. The van der Waals surface area contributed by atoms with Crippen LogP contribution in [0.3, 0.4) is 0 Å². The largest absolute Gasteiger partial charge is 0.490 e. The van der Waals surface area contributed by atoms with Crippen LogP contribution in [0.4, 0.5) is 0 Å².